The van der Waals surface area contributed by atoms with E-state index in [0.29, 0.717) is 19.3 Å². The molecule has 15 N–H and O–H groups in total. The van der Waals surface area contributed by atoms with Crippen LogP contribution in [0.15, 0.2) is 0 Å². The summed E-state index contributed by atoms with van der Waals surface area (Å²) in [6, 6.07) is 0. The highest BCUT2D eigenvalue weighted by Crippen LogP contribution is 2.49. The average molecular weight is 1280 g/mol. The Labute approximate surface area is 510 Å². The zero-order valence-corrected chi connectivity index (χ0v) is 51.7. The highest BCUT2D eigenvalue weighted by Gasteiger charge is 2.58. The number of phosphoric acid groups is 1. The van der Waals surface area contributed by atoms with Gasteiger partial charge in [0.1, 0.15) is 116 Å². The van der Waals surface area contributed by atoms with Crippen molar-refractivity contribution < 1.29 is 137 Å². The van der Waals surface area contributed by atoms with Crippen molar-refractivity contribution in [3.8, 4) is 0 Å². The third-order valence-electron chi connectivity index (χ3n) is 16.5. The molecular weight excluding hydrogens is 1180 g/mol. The van der Waals surface area contributed by atoms with Gasteiger partial charge in [0.15, 0.2) is 25.0 Å². The fourth-order valence-corrected chi connectivity index (χ4v) is 12.0. The molecule has 1 saturated carbocycles. The van der Waals surface area contributed by atoms with Crippen LogP contribution >= 0.6 is 7.82 Å². The molecule has 29 heteroatoms. The zero-order chi connectivity index (χ0) is 64.1. The first-order valence-corrected chi connectivity index (χ1v) is 33.4. The van der Waals surface area contributed by atoms with Gasteiger partial charge in [-0.25, -0.2) is 4.57 Å². The van der Waals surface area contributed by atoms with E-state index in [-0.39, 0.29) is 12.8 Å². The normalized spacial score (nSPS) is 35.0. The molecule has 4 aliphatic rings. The van der Waals surface area contributed by atoms with E-state index in [4.69, 9.17) is 46.9 Å². The summed E-state index contributed by atoms with van der Waals surface area (Å²) in [5.74, 6) is -1.39. The molecule has 23 atom stereocenters. The SMILES string of the molecule is CCCCCCCCCCCCCCCCC(=O)OC[C@H](COP(=O)(O)O[C@@H]1C(O[C@@H]2OC(CO[C@@H]3OC(CO)[C@H](O)C(O)[C@@H]3O)[C@H](O)C(O)[C@@H]2O)C(O)[C@@H](O)C(O)[C@H]1O[C@H]1OC(CO)[C@@H](O)C(O)[C@H]1O)OC(=O)CCCCCCCCCCCCC. The van der Waals surface area contributed by atoms with E-state index in [1.165, 1.54) is 83.5 Å². The van der Waals surface area contributed by atoms with Crippen LogP contribution in [-0.2, 0) is 61.1 Å². The third-order valence-corrected chi connectivity index (χ3v) is 17.5. The summed E-state index contributed by atoms with van der Waals surface area (Å²) in [6.07, 6.45) is -18.8. The molecule has 3 aliphatic heterocycles. The van der Waals surface area contributed by atoms with Crippen molar-refractivity contribution in [2.24, 2.45) is 0 Å². The van der Waals surface area contributed by atoms with Crippen molar-refractivity contribution in [2.45, 2.75) is 322 Å². The van der Waals surface area contributed by atoms with Crippen molar-refractivity contribution in [1.29, 1.82) is 0 Å². The van der Waals surface area contributed by atoms with E-state index in [9.17, 15) is 90.5 Å². The van der Waals surface area contributed by atoms with Crippen molar-refractivity contribution in [2.75, 3.05) is 33.0 Å². The van der Waals surface area contributed by atoms with Gasteiger partial charge < -0.3 is 114 Å². The lowest BCUT2D eigenvalue weighted by molar-refractivity contribution is -0.364. The standard InChI is InChI=1S/C58H107O28P/c1-3-5-7-9-11-13-15-16-17-19-20-22-24-26-28-39(61)77-32-35(80-40(62)29-27-25-23-21-18-14-12-10-8-6-4-2)33-79-87(75,76)86-55-53(84-57-51(73)45(67)42(64)37(31-60)82-57)48(70)47(69)49(71)54(55)85-58-52(74)46(68)43(65)38(83-58)34-78-56-50(72)44(66)41(63)36(30-59)81-56/h35-38,41-60,63-74H,3-34H2,1-2H3,(H,75,76)/t35-,36?,37?,38?,41+,42-,43+,44?,45?,46?,47+,48?,49?,50+,51-,52+,53-,54?,55+,56-,57-,58+/m1/s1. The molecule has 3 saturated heterocycles. The maximum atomic E-state index is 14.2. The molecule has 4 fully saturated rings. The Hall–Kier alpha value is -1.75. The molecule has 0 aromatic carbocycles. The second-order valence-corrected chi connectivity index (χ2v) is 25.1. The Kier molecular flexibility index (Phi) is 37.3. The van der Waals surface area contributed by atoms with Gasteiger partial charge in [-0.05, 0) is 12.8 Å². The Morgan fingerprint density at radius 2 is 0.759 bits per heavy atom. The quantitative estimate of drug-likeness (QED) is 0.0228. The van der Waals surface area contributed by atoms with E-state index in [0.717, 1.165) is 57.8 Å². The number of aliphatic hydroxyl groups is 14. The monoisotopic (exact) mass is 1280 g/mol. The number of aliphatic hydroxyl groups excluding tert-OH is 14. The number of carbonyl (C=O) groups excluding carboxylic acids is 2. The number of unbranched alkanes of at least 4 members (excludes halogenated alkanes) is 23. The maximum Gasteiger partial charge on any atom is 0.472 e. The molecular formula is C58H107O28P. The summed E-state index contributed by atoms with van der Waals surface area (Å²) >= 11 is 0. The van der Waals surface area contributed by atoms with Crippen LogP contribution in [0.4, 0.5) is 0 Å². The molecule has 0 amide bonds. The number of hydrogen-bond acceptors (Lipinski definition) is 27. The highest BCUT2D eigenvalue weighted by molar-refractivity contribution is 7.47. The minimum absolute atomic E-state index is 0.0245. The van der Waals surface area contributed by atoms with Crippen LogP contribution in [0.25, 0.3) is 0 Å². The van der Waals surface area contributed by atoms with Crippen LogP contribution < -0.4 is 0 Å². The first kappa shape index (κ1) is 77.7. The minimum atomic E-state index is -5.74. The molecule has 4 rings (SSSR count). The molecule has 87 heavy (non-hydrogen) atoms. The van der Waals surface area contributed by atoms with Gasteiger partial charge in [0.25, 0.3) is 0 Å². The maximum absolute atomic E-state index is 14.2. The Balaban J connectivity index is 1.50. The van der Waals surface area contributed by atoms with E-state index < -0.39 is 188 Å². The summed E-state index contributed by atoms with van der Waals surface area (Å²) in [5.41, 5.74) is 0. The van der Waals surface area contributed by atoms with E-state index >= 15 is 0 Å². The first-order valence-electron chi connectivity index (χ1n) is 31.9. The lowest BCUT2D eigenvalue weighted by Crippen LogP contribution is -2.69. The molecule has 0 bridgehead atoms. The Morgan fingerprint density at radius 1 is 0.414 bits per heavy atom. The number of rotatable bonds is 44. The van der Waals surface area contributed by atoms with E-state index in [2.05, 4.69) is 13.8 Å². The Bertz CT molecular complexity index is 1890. The summed E-state index contributed by atoms with van der Waals surface area (Å²) < 4.78 is 69.7. The second kappa shape index (κ2) is 41.8. The average Bonchev–Trinajstić information content (AvgIpc) is 1.02. The van der Waals surface area contributed by atoms with Crippen LogP contribution in [-0.4, -0.2) is 256 Å². The minimum Gasteiger partial charge on any atom is -0.462 e. The van der Waals surface area contributed by atoms with Crippen LogP contribution in [0.2, 0.25) is 0 Å². The zero-order valence-electron chi connectivity index (χ0n) is 50.8. The summed E-state index contributed by atoms with van der Waals surface area (Å²) in [6.45, 7) is 0.0456. The van der Waals surface area contributed by atoms with E-state index in [1.807, 2.05) is 0 Å². The van der Waals surface area contributed by atoms with Crippen molar-refractivity contribution in [3.63, 3.8) is 0 Å². The predicted octanol–water partition coefficient (Wildman–Crippen LogP) is 0.807. The Morgan fingerprint density at radius 3 is 1.17 bits per heavy atom. The fourth-order valence-electron chi connectivity index (χ4n) is 11.0. The van der Waals surface area contributed by atoms with Gasteiger partial charge in [0.2, 0.25) is 0 Å². The lowest BCUT2D eigenvalue weighted by atomic mass is 9.84. The molecule has 512 valence electrons. The third kappa shape index (κ3) is 25.9. The highest BCUT2D eigenvalue weighted by atomic mass is 31.2. The first-order chi connectivity index (χ1) is 41.6. The van der Waals surface area contributed by atoms with Gasteiger partial charge in [-0.15, -0.1) is 0 Å². The van der Waals surface area contributed by atoms with E-state index in [1.54, 1.807) is 0 Å². The molecule has 0 aromatic heterocycles. The number of phosphoric ester groups is 1. The van der Waals surface area contributed by atoms with Gasteiger partial charge >= 0.3 is 19.8 Å². The smallest absolute Gasteiger partial charge is 0.462 e. The van der Waals surface area contributed by atoms with Gasteiger partial charge in [-0.2, -0.15) is 0 Å². The summed E-state index contributed by atoms with van der Waals surface area (Å²) in [7, 11) is -5.74. The predicted molar refractivity (Wildman–Crippen MR) is 305 cm³/mol. The molecule has 28 nitrogen and oxygen atoms in total. The summed E-state index contributed by atoms with van der Waals surface area (Å²) in [4.78, 5) is 37.8. The summed E-state index contributed by atoms with van der Waals surface area (Å²) in [5, 5.41) is 150. The number of carbonyl (C=O) groups is 2. The van der Waals surface area contributed by atoms with Crippen LogP contribution in [0.3, 0.4) is 0 Å². The molecule has 3 heterocycles. The fraction of sp³-hybridized carbons (Fsp3) is 0.966. The van der Waals surface area contributed by atoms with Gasteiger partial charge in [0, 0.05) is 12.8 Å². The van der Waals surface area contributed by atoms with Crippen LogP contribution in [0, 0.1) is 0 Å². The molecule has 10 unspecified atom stereocenters. The van der Waals surface area contributed by atoms with Crippen LogP contribution in [0.5, 0.6) is 0 Å². The lowest BCUT2D eigenvalue weighted by Gasteiger charge is -2.49. The molecule has 1 aliphatic carbocycles. The number of ether oxygens (including phenoxy) is 8. The molecule has 0 aromatic rings. The second-order valence-electron chi connectivity index (χ2n) is 23.7. The van der Waals surface area contributed by atoms with Gasteiger partial charge in [-0.3, -0.25) is 18.6 Å². The van der Waals surface area contributed by atoms with Gasteiger partial charge in [-0.1, -0.05) is 162 Å². The van der Waals surface area contributed by atoms with Crippen molar-refractivity contribution >= 4 is 19.8 Å². The number of hydrogen-bond donors (Lipinski definition) is 15. The topological polar surface area (TPSA) is 447 Å². The number of esters is 2. The van der Waals surface area contributed by atoms with Gasteiger partial charge in [0.05, 0.1) is 26.4 Å². The molecule has 0 radical (unpaired) electrons. The van der Waals surface area contributed by atoms with Crippen LogP contribution in [0.1, 0.15) is 187 Å². The van der Waals surface area contributed by atoms with Crippen molar-refractivity contribution in [1.82, 2.24) is 0 Å². The largest absolute Gasteiger partial charge is 0.472 e. The van der Waals surface area contributed by atoms with Crippen molar-refractivity contribution in [3.05, 3.63) is 0 Å². The molecule has 0 spiro atoms.